The molecule has 0 fully saturated rings. The molecule has 0 unspecified atom stereocenters. The van der Waals surface area contributed by atoms with Crippen LogP contribution in [0, 0.1) is 5.92 Å². The Hall–Kier alpha value is -1.51. The molecule has 1 rings (SSSR count). The zero-order chi connectivity index (χ0) is 19.4. The molecule has 0 bridgehead atoms. The second kappa shape index (κ2) is 14.5. The average Bonchev–Trinajstić information content (AvgIpc) is 2.60. The third-order valence-corrected chi connectivity index (χ3v) is 4.11. The summed E-state index contributed by atoms with van der Waals surface area (Å²) >= 11 is 0. The molecule has 0 radical (unpaired) electrons. The number of guanidine groups is 1. The van der Waals surface area contributed by atoms with Crippen molar-refractivity contribution in [2.75, 3.05) is 18.4 Å². The highest BCUT2D eigenvalue weighted by Crippen LogP contribution is 2.10. The predicted molar refractivity (Wildman–Crippen MR) is 126 cm³/mol. The Balaban J connectivity index is 0.00000676. The fourth-order valence-corrected chi connectivity index (χ4v) is 2.45. The van der Waals surface area contributed by atoms with E-state index in [1.165, 1.54) is 12.8 Å². The second-order valence-corrected chi connectivity index (χ2v) is 6.71. The van der Waals surface area contributed by atoms with Gasteiger partial charge in [-0.1, -0.05) is 38.8 Å². The summed E-state index contributed by atoms with van der Waals surface area (Å²) in [5.74, 6) is 1.51. The molecule has 7 heteroatoms. The van der Waals surface area contributed by atoms with Crippen molar-refractivity contribution in [1.82, 2.24) is 16.0 Å². The van der Waals surface area contributed by atoms with E-state index in [9.17, 15) is 4.79 Å². The van der Waals surface area contributed by atoms with Gasteiger partial charge in [-0.15, -0.1) is 24.0 Å². The van der Waals surface area contributed by atoms with E-state index >= 15 is 0 Å². The van der Waals surface area contributed by atoms with E-state index in [2.05, 4.69) is 47.0 Å². The van der Waals surface area contributed by atoms with Gasteiger partial charge in [0.1, 0.15) is 0 Å². The molecule has 154 valence electrons. The molecule has 0 aromatic heterocycles. The van der Waals surface area contributed by atoms with Crippen LogP contribution in [0.1, 0.15) is 53.0 Å². The van der Waals surface area contributed by atoms with Gasteiger partial charge in [0.25, 0.3) is 0 Å². The van der Waals surface area contributed by atoms with Gasteiger partial charge in [0, 0.05) is 24.8 Å². The molecular weight excluding hydrogens is 453 g/mol. The molecule has 0 aliphatic rings. The highest BCUT2D eigenvalue weighted by atomic mass is 127. The fraction of sp³-hybridized carbons (Fsp3) is 0.600. The first-order chi connectivity index (χ1) is 12.5. The van der Waals surface area contributed by atoms with Gasteiger partial charge in [-0.3, -0.25) is 0 Å². The number of hydrogen-bond acceptors (Lipinski definition) is 2. The zero-order valence-electron chi connectivity index (χ0n) is 17.3. The van der Waals surface area contributed by atoms with E-state index in [0.717, 1.165) is 30.3 Å². The van der Waals surface area contributed by atoms with E-state index in [1.54, 1.807) is 0 Å². The number of nitrogens with zero attached hydrogens (tertiary/aromatic N) is 1. The Labute approximate surface area is 181 Å². The molecule has 0 saturated carbocycles. The number of aliphatic imine (C=N–C) groups is 1. The van der Waals surface area contributed by atoms with E-state index in [0.29, 0.717) is 12.5 Å². The third-order valence-electron chi connectivity index (χ3n) is 4.11. The molecule has 4 N–H and O–H groups in total. The Kier molecular flexibility index (Phi) is 13.7. The number of nitrogens with one attached hydrogen (secondary N) is 4. The number of halogens is 1. The van der Waals surface area contributed by atoms with Crippen molar-refractivity contribution in [3.63, 3.8) is 0 Å². The van der Waals surface area contributed by atoms with Crippen molar-refractivity contribution < 1.29 is 4.79 Å². The maximum absolute atomic E-state index is 11.7. The highest BCUT2D eigenvalue weighted by Gasteiger charge is 2.05. The maximum Gasteiger partial charge on any atom is 0.319 e. The third kappa shape index (κ3) is 11.0. The maximum atomic E-state index is 11.7. The van der Waals surface area contributed by atoms with Crippen LogP contribution in [-0.4, -0.2) is 31.1 Å². The minimum atomic E-state index is -0.189. The first kappa shape index (κ1) is 25.5. The molecule has 0 aliphatic carbocycles. The smallest absolute Gasteiger partial charge is 0.319 e. The normalized spacial score (nSPS) is 11.1. The predicted octanol–water partition coefficient (Wildman–Crippen LogP) is 4.33. The Bertz CT molecular complexity index is 556. The Morgan fingerprint density at radius 3 is 2.19 bits per heavy atom. The molecule has 6 nitrogen and oxygen atoms in total. The molecule has 1 aromatic rings. The van der Waals surface area contributed by atoms with Crippen LogP contribution in [0.5, 0.6) is 0 Å². The molecule has 0 aliphatic heterocycles. The van der Waals surface area contributed by atoms with Crippen molar-refractivity contribution in [2.45, 2.75) is 60.0 Å². The number of benzene rings is 1. The van der Waals surface area contributed by atoms with Crippen LogP contribution in [0.3, 0.4) is 0 Å². The second-order valence-electron chi connectivity index (χ2n) is 6.71. The fourth-order valence-electron chi connectivity index (χ4n) is 2.45. The van der Waals surface area contributed by atoms with Crippen molar-refractivity contribution >= 4 is 41.7 Å². The molecule has 0 saturated heterocycles. The lowest BCUT2D eigenvalue weighted by molar-refractivity contribution is 0.250. The summed E-state index contributed by atoms with van der Waals surface area (Å²) < 4.78 is 0. The molecule has 2 amide bonds. The van der Waals surface area contributed by atoms with Gasteiger partial charge in [-0.25, -0.2) is 9.79 Å². The van der Waals surface area contributed by atoms with Crippen LogP contribution in [-0.2, 0) is 6.54 Å². The lowest BCUT2D eigenvalue weighted by atomic mass is 10.0. The SMILES string of the molecule is CCNC(=NCc1ccc(NC(=O)NC(C)C)cc1)NCC(CC)CC.I. The molecular formula is C20H36IN5O. The monoisotopic (exact) mass is 489 g/mol. The van der Waals surface area contributed by atoms with Crippen molar-refractivity contribution in [3.8, 4) is 0 Å². The first-order valence-electron chi connectivity index (χ1n) is 9.67. The van der Waals surface area contributed by atoms with Gasteiger partial charge in [-0.2, -0.15) is 0 Å². The van der Waals surface area contributed by atoms with E-state index < -0.39 is 0 Å². The van der Waals surface area contributed by atoms with Crippen LogP contribution in [0.2, 0.25) is 0 Å². The highest BCUT2D eigenvalue weighted by molar-refractivity contribution is 14.0. The van der Waals surface area contributed by atoms with Crippen LogP contribution in [0.4, 0.5) is 10.5 Å². The average molecular weight is 489 g/mol. The summed E-state index contributed by atoms with van der Waals surface area (Å²) in [6, 6.07) is 7.69. The Morgan fingerprint density at radius 2 is 1.67 bits per heavy atom. The standard InChI is InChI=1S/C20H35N5O.HI/c1-6-16(7-2)13-22-19(21-8-3)23-14-17-9-11-18(12-10-17)25-20(26)24-15(4)5;/h9-12,15-16H,6-8,13-14H2,1-5H3,(H2,21,22,23)(H2,24,25,26);1H. The van der Waals surface area contributed by atoms with Gasteiger partial charge < -0.3 is 21.3 Å². The molecule has 0 spiro atoms. The first-order valence-corrected chi connectivity index (χ1v) is 9.67. The molecule has 0 heterocycles. The number of urea groups is 1. The largest absolute Gasteiger partial charge is 0.357 e. The lowest BCUT2D eigenvalue weighted by Gasteiger charge is -2.16. The number of hydrogen-bond donors (Lipinski definition) is 4. The minimum absolute atomic E-state index is 0. The summed E-state index contributed by atoms with van der Waals surface area (Å²) in [7, 11) is 0. The summed E-state index contributed by atoms with van der Waals surface area (Å²) in [5.41, 5.74) is 1.87. The Morgan fingerprint density at radius 1 is 1.04 bits per heavy atom. The number of amides is 2. The van der Waals surface area contributed by atoms with Crippen molar-refractivity contribution in [1.29, 1.82) is 0 Å². The summed E-state index contributed by atoms with van der Waals surface area (Å²) in [6.07, 6.45) is 2.34. The van der Waals surface area contributed by atoms with E-state index in [1.807, 2.05) is 38.1 Å². The minimum Gasteiger partial charge on any atom is -0.357 e. The van der Waals surface area contributed by atoms with Crippen molar-refractivity contribution in [2.24, 2.45) is 10.9 Å². The van der Waals surface area contributed by atoms with E-state index in [4.69, 9.17) is 0 Å². The van der Waals surface area contributed by atoms with Gasteiger partial charge in [-0.05, 0) is 44.4 Å². The summed E-state index contributed by atoms with van der Waals surface area (Å²) in [6.45, 7) is 12.7. The topological polar surface area (TPSA) is 77.5 Å². The number of rotatable bonds is 9. The van der Waals surface area contributed by atoms with Crippen molar-refractivity contribution in [3.05, 3.63) is 29.8 Å². The molecule has 1 aromatic carbocycles. The van der Waals surface area contributed by atoms with Gasteiger partial charge in [0.05, 0.1) is 6.54 Å². The van der Waals surface area contributed by atoms with Crippen LogP contribution >= 0.6 is 24.0 Å². The van der Waals surface area contributed by atoms with Gasteiger partial charge in [0.2, 0.25) is 0 Å². The van der Waals surface area contributed by atoms with Gasteiger partial charge in [0.15, 0.2) is 5.96 Å². The summed E-state index contributed by atoms with van der Waals surface area (Å²) in [4.78, 5) is 16.4. The van der Waals surface area contributed by atoms with Crippen LogP contribution < -0.4 is 21.3 Å². The quantitative estimate of drug-likeness (QED) is 0.237. The summed E-state index contributed by atoms with van der Waals surface area (Å²) in [5, 5.41) is 12.3. The van der Waals surface area contributed by atoms with E-state index in [-0.39, 0.29) is 36.0 Å². The zero-order valence-corrected chi connectivity index (χ0v) is 19.6. The van der Waals surface area contributed by atoms with Gasteiger partial charge >= 0.3 is 6.03 Å². The lowest BCUT2D eigenvalue weighted by Crippen LogP contribution is -2.39. The number of anilines is 1. The molecule has 27 heavy (non-hydrogen) atoms. The van der Waals surface area contributed by atoms with Crippen LogP contribution in [0.15, 0.2) is 29.3 Å². The number of carbonyl (C=O) groups excluding carboxylic acids is 1. The molecule has 0 atom stereocenters. The van der Waals surface area contributed by atoms with Crippen LogP contribution in [0.25, 0.3) is 0 Å². The number of carbonyl (C=O) groups is 1.